The van der Waals surface area contributed by atoms with Crippen LogP contribution in [0.2, 0.25) is 0 Å². The van der Waals surface area contributed by atoms with E-state index in [9.17, 15) is 0 Å². The highest BCUT2D eigenvalue weighted by molar-refractivity contribution is 7.11. The number of likely N-dealkylation sites (tertiary alicyclic amines) is 1. The summed E-state index contributed by atoms with van der Waals surface area (Å²) < 4.78 is 0. The zero-order chi connectivity index (χ0) is 13.2. The minimum atomic E-state index is 0. The molecule has 1 atom stereocenters. The number of aromatic nitrogens is 1. The Bertz CT molecular complexity index is 386. The van der Waals surface area contributed by atoms with Crippen molar-refractivity contribution in [2.75, 3.05) is 26.7 Å². The third kappa shape index (κ3) is 4.71. The molecule has 2 rings (SSSR count). The smallest absolute Gasteiger partial charge is 0.107 e. The molecule has 110 valence electrons. The number of halogens is 1. The number of rotatable bonds is 4. The lowest BCUT2D eigenvalue weighted by Crippen LogP contribution is -2.24. The van der Waals surface area contributed by atoms with Crippen LogP contribution < -0.4 is 5.32 Å². The molecule has 0 aromatic carbocycles. The van der Waals surface area contributed by atoms with Crippen LogP contribution in [0.25, 0.3) is 0 Å². The van der Waals surface area contributed by atoms with E-state index >= 15 is 0 Å². The molecule has 0 radical (unpaired) electrons. The van der Waals surface area contributed by atoms with E-state index in [0.717, 1.165) is 19.0 Å². The van der Waals surface area contributed by atoms with Gasteiger partial charge in [-0.3, -0.25) is 4.90 Å². The van der Waals surface area contributed by atoms with E-state index in [1.165, 1.54) is 29.4 Å². The maximum absolute atomic E-state index is 4.58. The van der Waals surface area contributed by atoms with Crippen molar-refractivity contribution in [1.29, 1.82) is 0 Å². The summed E-state index contributed by atoms with van der Waals surface area (Å²) in [7, 11) is 2.04. The Morgan fingerprint density at radius 1 is 1.47 bits per heavy atom. The summed E-state index contributed by atoms with van der Waals surface area (Å²) in [6, 6.07) is 0. The average Bonchev–Trinajstić information content (AvgIpc) is 2.88. The Kier molecular flexibility index (Phi) is 6.24. The zero-order valence-electron chi connectivity index (χ0n) is 12.4. The number of nitrogens with one attached hydrogen (secondary N) is 1. The van der Waals surface area contributed by atoms with Gasteiger partial charge in [0.2, 0.25) is 0 Å². The Labute approximate surface area is 127 Å². The molecule has 0 spiro atoms. The Hall–Kier alpha value is -0.160. The summed E-state index contributed by atoms with van der Waals surface area (Å²) in [4.78, 5) is 8.51. The molecule has 5 heteroatoms. The van der Waals surface area contributed by atoms with E-state index in [1.807, 2.05) is 18.4 Å². The van der Waals surface area contributed by atoms with Crippen molar-refractivity contribution in [3.05, 3.63) is 16.1 Å². The highest BCUT2D eigenvalue weighted by atomic mass is 35.5. The predicted octanol–water partition coefficient (Wildman–Crippen LogP) is 2.90. The molecular weight excluding hydrogens is 278 g/mol. The van der Waals surface area contributed by atoms with Gasteiger partial charge in [0, 0.05) is 17.6 Å². The number of nitrogens with zero attached hydrogens (tertiary/aromatic N) is 2. The SMILES string of the molecule is CNCC1CCN(Cc2ncc(C(C)(C)C)s2)C1.Cl. The summed E-state index contributed by atoms with van der Waals surface area (Å²) in [5.74, 6) is 0.817. The molecule has 2 heterocycles. The van der Waals surface area contributed by atoms with Crippen molar-refractivity contribution in [1.82, 2.24) is 15.2 Å². The van der Waals surface area contributed by atoms with Crippen LogP contribution in [0.5, 0.6) is 0 Å². The van der Waals surface area contributed by atoms with Crippen LogP contribution >= 0.6 is 23.7 Å². The second-order valence-electron chi connectivity index (χ2n) is 6.32. The molecule has 0 bridgehead atoms. The molecule has 0 saturated carbocycles. The molecule has 1 aromatic rings. The van der Waals surface area contributed by atoms with Gasteiger partial charge in [0.25, 0.3) is 0 Å². The second kappa shape index (κ2) is 7.02. The fourth-order valence-electron chi connectivity index (χ4n) is 2.43. The van der Waals surface area contributed by atoms with Crippen molar-refractivity contribution in [3.8, 4) is 0 Å². The summed E-state index contributed by atoms with van der Waals surface area (Å²) in [6.07, 6.45) is 3.37. The van der Waals surface area contributed by atoms with E-state index in [0.29, 0.717) is 0 Å². The first-order chi connectivity index (χ1) is 8.49. The van der Waals surface area contributed by atoms with Crippen LogP contribution in [0.4, 0.5) is 0 Å². The first kappa shape index (κ1) is 16.9. The molecule has 3 nitrogen and oxygen atoms in total. The van der Waals surface area contributed by atoms with Crippen LogP contribution in [0.15, 0.2) is 6.20 Å². The van der Waals surface area contributed by atoms with Crippen LogP contribution in [0.3, 0.4) is 0 Å². The zero-order valence-corrected chi connectivity index (χ0v) is 14.0. The summed E-state index contributed by atoms with van der Waals surface area (Å²) in [5, 5.41) is 4.55. The predicted molar refractivity (Wildman–Crippen MR) is 85.4 cm³/mol. The van der Waals surface area contributed by atoms with E-state index < -0.39 is 0 Å². The average molecular weight is 304 g/mol. The topological polar surface area (TPSA) is 28.2 Å². The first-order valence-corrected chi connectivity index (χ1v) is 7.63. The monoisotopic (exact) mass is 303 g/mol. The summed E-state index contributed by atoms with van der Waals surface area (Å²) in [5.41, 5.74) is 0.232. The molecule has 1 aliphatic heterocycles. The summed E-state index contributed by atoms with van der Waals surface area (Å²) in [6.45, 7) is 11.4. The number of hydrogen-bond acceptors (Lipinski definition) is 4. The van der Waals surface area contributed by atoms with Gasteiger partial charge in [-0.2, -0.15) is 0 Å². The van der Waals surface area contributed by atoms with Crippen molar-refractivity contribution in [2.45, 2.75) is 39.2 Å². The lowest BCUT2D eigenvalue weighted by Gasteiger charge is -2.15. The molecule has 1 fully saturated rings. The van der Waals surface area contributed by atoms with Crippen molar-refractivity contribution in [3.63, 3.8) is 0 Å². The van der Waals surface area contributed by atoms with Crippen LogP contribution in [0.1, 0.15) is 37.1 Å². The molecular formula is C14H26ClN3S. The van der Waals surface area contributed by atoms with Gasteiger partial charge in [-0.15, -0.1) is 23.7 Å². The second-order valence-corrected chi connectivity index (χ2v) is 7.43. The van der Waals surface area contributed by atoms with Gasteiger partial charge in [0.05, 0.1) is 6.54 Å². The van der Waals surface area contributed by atoms with Gasteiger partial charge in [-0.25, -0.2) is 4.98 Å². The van der Waals surface area contributed by atoms with Crippen LogP contribution in [-0.4, -0.2) is 36.6 Å². The standard InChI is InChI=1S/C14H25N3S.ClH/c1-14(2,3)12-8-16-13(18-12)10-17-6-5-11(9-17)7-15-4;/h8,11,15H,5-7,9-10H2,1-4H3;1H. The van der Waals surface area contributed by atoms with Gasteiger partial charge in [0.1, 0.15) is 5.01 Å². The molecule has 1 N–H and O–H groups in total. The van der Waals surface area contributed by atoms with Gasteiger partial charge < -0.3 is 5.32 Å². The highest BCUT2D eigenvalue weighted by Gasteiger charge is 2.23. The largest absolute Gasteiger partial charge is 0.319 e. The van der Waals surface area contributed by atoms with Gasteiger partial charge >= 0.3 is 0 Å². The summed E-state index contributed by atoms with van der Waals surface area (Å²) >= 11 is 1.87. The third-order valence-corrected chi connectivity index (χ3v) is 4.92. The highest BCUT2D eigenvalue weighted by Crippen LogP contribution is 2.29. The Balaban J connectivity index is 0.00000180. The Morgan fingerprint density at radius 2 is 2.21 bits per heavy atom. The van der Waals surface area contributed by atoms with Gasteiger partial charge in [0.15, 0.2) is 0 Å². The van der Waals surface area contributed by atoms with Crippen LogP contribution in [0, 0.1) is 5.92 Å². The van der Waals surface area contributed by atoms with Gasteiger partial charge in [-0.05, 0) is 37.9 Å². The maximum Gasteiger partial charge on any atom is 0.107 e. The third-order valence-electron chi connectivity index (χ3n) is 3.51. The van der Waals surface area contributed by atoms with E-state index in [2.05, 4.69) is 42.2 Å². The molecule has 0 amide bonds. The minimum absolute atomic E-state index is 0. The fraction of sp³-hybridized carbons (Fsp3) is 0.786. The van der Waals surface area contributed by atoms with E-state index in [1.54, 1.807) is 0 Å². The molecule has 1 unspecified atom stereocenters. The van der Waals surface area contributed by atoms with Crippen LogP contribution in [-0.2, 0) is 12.0 Å². The van der Waals surface area contributed by atoms with Crippen molar-refractivity contribution in [2.24, 2.45) is 5.92 Å². The van der Waals surface area contributed by atoms with Crippen molar-refractivity contribution < 1.29 is 0 Å². The minimum Gasteiger partial charge on any atom is -0.319 e. The number of thiazole rings is 1. The first-order valence-electron chi connectivity index (χ1n) is 6.81. The molecule has 1 saturated heterocycles. The fourth-order valence-corrected chi connectivity index (χ4v) is 3.45. The maximum atomic E-state index is 4.58. The normalized spacial score (nSPS) is 20.5. The van der Waals surface area contributed by atoms with Gasteiger partial charge in [-0.1, -0.05) is 20.8 Å². The molecule has 0 aliphatic carbocycles. The van der Waals surface area contributed by atoms with Crippen molar-refractivity contribution >= 4 is 23.7 Å². The molecule has 1 aliphatic rings. The molecule has 19 heavy (non-hydrogen) atoms. The van der Waals surface area contributed by atoms with E-state index in [4.69, 9.17) is 0 Å². The number of hydrogen-bond donors (Lipinski definition) is 1. The van der Waals surface area contributed by atoms with E-state index in [-0.39, 0.29) is 17.8 Å². The lowest BCUT2D eigenvalue weighted by molar-refractivity contribution is 0.315. The molecule has 1 aromatic heterocycles. The lowest BCUT2D eigenvalue weighted by atomic mass is 9.96. The Morgan fingerprint density at radius 3 is 2.79 bits per heavy atom. The quantitative estimate of drug-likeness (QED) is 0.927.